The molecule has 0 aliphatic heterocycles. The molecule has 0 spiro atoms. The number of para-hydroxylation sites is 1. The topological polar surface area (TPSA) is 70.7 Å². The fourth-order valence-corrected chi connectivity index (χ4v) is 4.83. The van der Waals surface area contributed by atoms with Gasteiger partial charge in [-0.25, -0.2) is 4.68 Å². The van der Waals surface area contributed by atoms with E-state index in [1.807, 2.05) is 38.1 Å². The average Bonchev–Trinajstić information content (AvgIpc) is 3.02. The summed E-state index contributed by atoms with van der Waals surface area (Å²) in [6.07, 6.45) is 0. The van der Waals surface area contributed by atoms with Crippen molar-refractivity contribution < 1.29 is 4.79 Å². The molecule has 2 aromatic carbocycles. The average molecular weight is 413 g/mol. The van der Waals surface area contributed by atoms with Gasteiger partial charge in [0.15, 0.2) is 8.29 Å². The Kier molecular flexibility index (Phi) is 6.06. The highest BCUT2D eigenvalue weighted by molar-refractivity contribution is 8.02. The zero-order valence-corrected chi connectivity index (χ0v) is 17.1. The van der Waals surface area contributed by atoms with Crippen LogP contribution in [0.3, 0.4) is 0 Å². The quantitative estimate of drug-likeness (QED) is 0.474. The molecule has 0 aliphatic carbocycles. The third kappa shape index (κ3) is 4.63. The first-order valence-corrected chi connectivity index (χ1v) is 10.2. The lowest BCUT2D eigenvalue weighted by Crippen LogP contribution is -2.22. The summed E-state index contributed by atoms with van der Waals surface area (Å²) < 4.78 is 3.13. The van der Waals surface area contributed by atoms with Gasteiger partial charge in [-0.1, -0.05) is 41.3 Å². The molecule has 1 aromatic heterocycles. The predicted molar refractivity (Wildman–Crippen MR) is 112 cm³/mol. The highest BCUT2D eigenvalue weighted by Crippen LogP contribution is 2.29. The first kappa shape index (κ1) is 19.3. The summed E-state index contributed by atoms with van der Waals surface area (Å²) in [5.41, 5.74) is 3.24. The summed E-state index contributed by atoms with van der Waals surface area (Å²) in [6.45, 7) is 3.84. The Morgan fingerprint density at radius 2 is 2.00 bits per heavy atom. The van der Waals surface area contributed by atoms with Crippen molar-refractivity contribution in [3.63, 3.8) is 0 Å². The SMILES string of the molecule is Cc1ccccc1-n1nc(S[C@H](C)C(=O)Nc2ccc(C#N)cc2)sc1=S. The predicted octanol–water partition coefficient (Wildman–Crippen LogP) is 4.96. The van der Waals surface area contributed by atoms with Crippen LogP contribution in [0.1, 0.15) is 18.1 Å². The van der Waals surface area contributed by atoms with E-state index in [1.165, 1.54) is 23.1 Å². The fraction of sp³-hybridized carbons (Fsp3) is 0.158. The molecule has 1 amide bonds. The Morgan fingerprint density at radius 1 is 1.30 bits per heavy atom. The largest absolute Gasteiger partial charge is 0.325 e. The fourth-order valence-electron chi connectivity index (χ4n) is 2.34. The summed E-state index contributed by atoms with van der Waals surface area (Å²) in [5.74, 6) is -0.131. The summed E-state index contributed by atoms with van der Waals surface area (Å²) >= 11 is 8.20. The van der Waals surface area contributed by atoms with Gasteiger partial charge in [0.05, 0.1) is 22.6 Å². The third-order valence-corrected chi connectivity index (χ3v) is 6.22. The van der Waals surface area contributed by atoms with Crippen LogP contribution in [0.5, 0.6) is 0 Å². The molecule has 5 nitrogen and oxygen atoms in total. The van der Waals surface area contributed by atoms with Crippen LogP contribution in [-0.2, 0) is 4.79 Å². The van der Waals surface area contributed by atoms with Crippen molar-refractivity contribution in [2.45, 2.75) is 23.4 Å². The molecule has 0 aliphatic rings. The molecule has 136 valence electrons. The highest BCUT2D eigenvalue weighted by atomic mass is 32.2. The Hall–Kier alpha value is -2.47. The number of nitrogens with zero attached hydrogens (tertiary/aromatic N) is 3. The minimum absolute atomic E-state index is 0.131. The summed E-state index contributed by atoms with van der Waals surface area (Å²) in [4.78, 5) is 12.4. The minimum Gasteiger partial charge on any atom is -0.325 e. The van der Waals surface area contributed by atoms with Gasteiger partial charge in [-0.15, -0.1) is 5.10 Å². The molecule has 0 saturated heterocycles. The molecule has 1 heterocycles. The first-order chi connectivity index (χ1) is 13.0. The number of thioether (sulfide) groups is 1. The molecule has 1 atom stereocenters. The Morgan fingerprint density at radius 3 is 2.67 bits per heavy atom. The molecule has 0 fully saturated rings. The van der Waals surface area contributed by atoms with Gasteiger partial charge in [0.2, 0.25) is 5.91 Å². The molecule has 3 aromatic rings. The van der Waals surface area contributed by atoms with E-state index in [-0.39, 0.29) is 11.2 Å². The molecule has 0 saturated carbocycles. The first-order valence-electron chi connectivity index (χ1n) is 8.12. The van der Waals surface area contributed by atoms with Crippen molar-refractivity contribution >= 4 is 46.9 Å². The van der Waals surface area contributed by atoms with E-state index in [4.69, 9.17) is 17.5 Å². The van der Waals surface area contributed by atoms with Crippen molar-refractivity contribution in [3.8, 4) is 11.8 Å². The van der Waals surface area contributed by atoms with Crippen LogP contribution in [0.25, 0.3) is 5.69 Å². The lowest BCUT2D eigenvalue weighted by atomic mass is 10.2. The number of hydrogen-bond donors (Lipinski definition) is 1. The van der Waals surface area contributed by atoms with Crippen LogP contribution in [0.2, 0.25) is 0 Å². The zero-order chi connectivity index (χ0) is 19.4. The lowest BCUT2D eigenvalue weighted by molar-refractivity contribution is -0.115. The van der Waals surface area contributed by atoms with Crippen LogP contribution in [-0.4, -0.2) is 20.9 Å². The van der Waals surface area contributed by atoms with Gasteiger partial charge in [-0.2, -0.15) is 5.26 Å². The number of anilines is 1. The molecular weight excluding hydrogens is 396 g/mol. The van der Waals surface area contributed by atoms with Crippen LogP contribution < -0.4 is 5.32 Å². The zero-order valence-electron chi connectivity index (χ0n) is 14.7. The van der Waals surface area contributed by atoms with E-state index < -0.39 is 0 Å². The van der Waals surface area contributed by atoms with Crippen LogP contribution >= 0.6 is 35.3 Å². The summed E-state index contributed by atoms with van der Waals surface area (Å²) in [7, 11) is 0. The number of aryl methyl sites for hydroxylation is 1. The van der Waals surface area contributed by atoms with E-state index in [1.54, 1.807) is 28.9 Å². The van der Waals surface area contributed by atoms with Crippen molar-refractivity contribution in [3.05, 3.63) is 63.6 Å². The Balaban J connectivity index is 1.70. The maximum atomic E-state index is 12.4. The highest BCUT2D eigenvalue weighted by Gasteiger charge is 2.18. The maximum absolute atomic E-state index is 12.4. The maximum Gasteiger partial charge on any atom is 0.237 e. The van der Waals surface area contributed by atoms with Crippen molar-refractivity contribution in [2.75, 3.05) is 5.32 Å². The Bertz CT molecular complexity index is 1060. The monoisotopic (exact) mass is 412 g/mol. The lowest BCUT2D eigenvalue weighted by Gasteiger charge is -2.10. The van der Waals surface area contributed by atoms with E-state index >= 15 is 0 Å². The van der Waals surface area contributed by atoms with Crippen LogP contribution in [0, 0.1) is 22.2 Å². The number of hydrogen-bond acceptors (Lipinski definition) is 6. The summed E-state index contributed by atoms with van der Waals surface area (Å²) in [5, 5.41) is 15.9. The number of aromatic nitrogens is 2. The smallest absolute Gasteiger partial charge is 0.237 e. The number of rotatable bonds is 5. The third-order valence-electron chi connectivity index (χ3n) is 3.80. The molecule has 3 rings (SSSR count). The van der Waals surface area contributed by atoms with Crippen molar-refractivity contribution in [1.29, 1.82) is 5.26 Å². The van der Waals surface area contributed by atoms with Gasteiger partial charge in [0.1, 0.15) is 0 Å². The molecule has 0 radical (unpaired) electrons. The standard InChI is InChI=1S/C19H16N4OS3/c1-12-5-3-4-6-16(12)23-19(25)27-18(22-23)26-13(2)17(24)21-15-9-7-14(11-20)8-10-15/h3-10,13H,1-2H3,(H,21,24)/t13-/m1/s1. The number of benzene rings is 2. The van der Waals surface area contributed by atoms with E-state index in [0.717, 1.165) is 15.6 Å². The van der Waals surface area contributed by atoms with Gasteiger partial charge in [0, 0.05) is 5.69 Å². The van der Waals surface area contributed by atoms with Gasteiger partial charge in [-0.3, -0.25) is 4.79 Å². The van der Waals surface area contributed by atoms with Gasteiger partial charge < -0.3 is 5.32 Å². The minimum atomic E-state index is -0.341. The Labute approximate surface area is 170 Å². The second-order valence-corrected chi connectivity index (χ2v) is 8.98. The van der Waals surface area contributed by atoms with Gasteiger partial charge in [-0.05, 0) is 62.0 Å². The molecule has 0 unspecified atom stereocenters. The summed E-state index contributed by atoms with van der Waals surface area (Å²) in [6, 6.07) is 16.7. The number of nitriles is 1. The molecular formula is C19H16N4OS3. The van der Waals surface area contributed by atoms with Crippen molar-refractivity contribution in [1.82, 2.24) is 9.78 Å². The molecule has 0 bridgehead atoms. The molecule has 8 heteroatoms. The van der Waals surface area contributed by atoms with Crippen molar-refractivity contribution in [2.24, 2.45) is 0 Å². The van der Waals surface area contributed by atoms with Gasteiger partial charge >= 0.3 is 0 Å². The van der Waals surface area contributed by atoms with Crippen LogP contribution in [0.4, 0.5) is 5.69 Å². The molecule has 27 heavy (non-hydrogen) atoms. The normalized spacial score (nSPS) is 11.6. The number of nitrogens with one attached hydrogen (secondary N) is 1. The number of carbonyl (C=O) groups is 1. The second kappa shape index (κ2) is 8.48. The number of carbonyl (C=O) groups excluding carboxylic acids is 1. The second-order valence-electron chi connectivity index (χ2n) is 5.77. The molecule has 1 N–H and O–H groups in total. The number of amides is 1. The van der Waals surface area contributed by atoms with E-state index in [2.05, 4.69) is 16.5 Å². The van der Waals surface area contributed by atoms with Crippen LogP contribution in [0.15, 0.2) is 52.9 Å². The van der Waals surface area contributed by atoms with Gasteiger partial charge in [0.25, 0.3) is 0 Å². The van der Waals surface area contributed by atoms with E-state index in [9.17, 15) is 4.79 Å². The van der Waals surface area contributed by atoms with E-state index in [0.29, 0.717) is 15.2 Å².